The van der Waals surface area contributed by atoms with Gasteiger partial charge in [0, 0.05) is 24.7 Å². The zero-order valence-electron chi connectivity index (χ0n) is 23.2. The van der Waals surface area contributed by atoms with E-state index >= 15 is 0 Å². The number of carbonyl (C=O) groups is 2. The maximum Gasteiger partial charge on any atom is 0.293 e. The lowest BCUT2D eigenvalue weighted by molar-refractivity contribution is -0.130. The van der Waals surface area contributed by atoms with Crippen LogP contribution in [0, 0.1) is 12.8 Å². The highest BCUT2D eigenvalue weighted by Gasteiger charge is 2.27. The molecular formula is C27H44N6O4. The Balaban J connectivity index is 1.96. The molecule has 0 aliphatic rings. The third-order valence-electron chi connectivity index (χ3n) is 6.85. The molecular weight excluding hydrogens is 472 g/mol. The Morgan fingerprint density at radius 3 is 2.43 bits per heavy atom. The smallest absolute Gasteiger partial charge is 0.293 e. The van der Waals surface area contributed by atoms with Crippen LogP contribution in [0.5, 0.6) is 0 Å². The lowest BCUT2D eigenvalue weighted by Gasteiger charge is -2.22. The number of rotatable bonds is 19. The molecule has 0 aliphatic carbocycles. The first-order chi connectivity index (χ1) is 17.8. The average molecular weight is 517 g/mol. The summed E-state index contributed by atoms with van der Waals surface area (Å²) in [7, 11) is 1.97. The van der Waals surface area contributed by atoms with Crippen molar-refractivity contribution in [2.24, 2.45) is 5.92 Å². The molecule has 0 aromatic carbocycles. The van der Waals surface area contributed by atoms with Gasteiger partial charge in [-0.1, -0.05) is 63.2 Å². The number of nitrogens with zero attached hydrogens (tertiary/aromatic N) is 5. The third kappa shape index (κ3) is 9.50. The highest BCUT2D eigenvalue weighted by molar-refractivity contribution is 5.90. The largest absolute Gasteiger partial charge is 0.360 e. The summed E-state index contributed by atoms with van der Waals surface area (Å²) in [4.78, 5) is 45.6. The van der Waals surface area contributed by atoms with Crippen molar-refractivity contribution >= 4 is 17.4 Å². The number of nitrogens with one attached hydrogen (secondary N) is 1. The van der Waals surface area contributed by atoms with Crippen molar-refractivity contribution in [3.05, 3.63) is 34.1 Å². The molecule has 0 aliphatic heterocycles. The van der Waals surface area contributed by atoms with Crippen LogP contribution in [-0.2, 0) is 16.1 Å². The van der Waals surface area contributed by atoms with Gasteiger partial charge < -0.3 is 9.88 Å². The van der Waals surface area contributed by atoms with E-state index in [-0.39, 0.29) is 36.3 Å². The van der Waals surface area contributed by atoms with E-state index in [1.807, 2.05) is 20.9 Å². The zero-order valence-corrected chi connectivity index (χ0v) is 23.2. The average Bonchev–Trinajstić information content (AvgIpc) is 3.29. The summed E-state index contributed by atoms with van der Waals surface area (Å²) in [6.45, 7) is 9.22. The molecule has 2 aromatic heterocycles. The maximum absolute atomic E-state index is 13.3. The standard InChI is InChI=1S/C27H44N6O4/c1-6-9-10-11-12-13-15-32(5)19-25(35)21(7-2)17-24(34)23(8-3)33-16-14-28-26(27(33)36)29-18-22-20(4)30-37-31-22/h14,16,21,23H,6-13,15,17-19H2,1-5H3,(H,28,29)/t21-,23?/m1/s1. The molecule has 0 radical (unpaired) electrons. The van der Waals surface area contributed by atoms with Crippen LogP contribution in [-0.4, -0.2) is 56.5 Å². The van der Waals surface area contributed by atoms with Gasteiger partial charge in [0.1, 0.15) is 17.2 Å². The Labute approximate surface area is 220 Å². The monoisotopic (exact) mass is 516 g/mol. The first-order valence-electron chi connectivity index (χ1n) is 13.6. The fraction of sp³-hybridized carbons (Fsp3) is 0.704. The molecule has 0 amide bonds. The Hall–Kier alpha value is -2.88. The number of aromatic nitrogens is 4. The van der Waals surface area contributed by atoms with Crippen LogP contribution in [0.4, 0.5) is 5.82 Å². The van der Waals surface area contributed by atoms with Gasteiger partial charge in [0.25, 0.3) is 5.56 Å². The van der Waals surface area contributed by atoms with Crippen molar-refractivity contribution in [2.75, 3.05) is 25.5 Å². The Morgan fingerprint density at radius 1 is 1.05 bits per heavy atom. The molecule has 0 spiro atoms. The van der Waals surface area contributed by atoms with Crippen molar-refractivity contribution < 1.29 is 14.2 Å². The predicted molar refractivity (Wildman–Crippen MR) is 143 cm³/mol. The zero-order chi connectivity index (χ0) is 27.2. The molecule has 0 bridgehead atoms. The van der Waals surface area contributed by atoms with E-state index in [1.165, 1.54) is 49.1 Å². The summed E-state index contributed by atoms with van der Waals surface area (Å²) in [6.07, 6.45) is 11.5. The van der Waals surface area contributed by atoms with E-state index in [1.54, 1.807) is 6.92 Å². The normalized spacial score (nSPS) is 13.0. The summed E-state index contributed by atoms with van der Waals surface area (Å²) >= 11 is 0. The number of carbonyl (C=O) groups excluding carboxylic acids is 2. The fourth-order valence-corrected chi connectivity index (χ4v) is 4.45. The minimum atomic E-state index is -0.658. The molecule has 1 unspecified atom stereocenters. The molecule has 2 atom stereocenters. The van der Waals surface area contributed by atoms with Crippen molar-refractivity contribution in [3.63, 3.8) is 0 Å². The number of ketones is 2. The van der Waals surface area contributed by atoms with Crippen LogP contribution >= 0.6 is 0 Å². The second-order valence-corrected chi connectivity index (χ2v) is 9.81. The highest BCUT2D eigenvalue weighted by atomic mass is 16.6. The van der Waals surface area contributed by atoms with Crippen LogP contribution in [0.1, 0.15) is 96.0 Å². The minimum Gasteiger partial charge on any atom is -0.360 e. The maximum atomic E-state index is 13.3. The first kappa shape index (κ1) is 30.3. The lowest BCUT2D eigenvalue weighted by atomic mass is 9.91. The lowest BCUT2D eigenvalue weighted by Crippen LogP contribution is -2.35. The molecule has 10 nitrogen and oxygen atoms in total. The summed E-state index contributed by atoms with van der Waals surface area (Å²) < 4.78 is 6.09. The highest BCUT2D eigenvalue weighted by Crippen LogP contribution is 2.20. The molecule has 206 valence electrons. The molecule has 2 heterocycles. The van der Waals surface area contributed by atoms with Gasteiger partial charge in [-0.2, -0.15) is 0 Å². The predicted octanol–water partition coefficient (Wildman–Crippen LogP) is 4.34. The fourth-order valence-electron chi connectivity index (χ4n) is 4.45. The third-order valence-corrected chi connectivity index (χ3v) is 6.85. The van der Waals surface area contributed by atoms with Crippen molar-refractivity contribution in [1.82, 2.24) is 24.8 Å². The Bertz CT molecular complexity index is 1030. The molecule has 2 aromatic rings. The van der Waals surface area contributed by atoms with Gasteiger partial charge in [-0.15, -0.1) is 0 Å². The van der Waals surface area contributed by atoms with Crippen LogP contribution < -0.4 is 10.9 Å². The molecule has 0 saturated carbocycles. The van der Waals surface area contributed by atoms with Gasteiger partial charge in [-0.05, 0) is 39.8 Å². The van der Waals surface area contributed by atoms with Crippen molar-refractivity contribution in [2.45, 2.75) is 98.1 Å². The molecule has 10 heteroatoms. The summed E-state index contributed by atoms with van der Waals surface area (Å²) in [6, 6.07) is -0.658. The van der Waals surface area contributed by atoms with Crippen LogP contribution in [0.25, 0.3) is 0 Å². The number of hydrogen-bond donors (Lipinski definition) is 1. The number of hydrogen-bond acceptors (Lipinski definition) is 9. The quantitative estimate of drug-likeness (QED) is 0.271. The van der Waals surface area contributed by atoms with Crippen LogP contribution in [0.3, 0.4) is 0 Å². The van der Waals surface area contributed by atoms with Gasteiger partial charge in [0.15, 0.2) is 11.6 Å². The van der Waals surface area contributed by atoms with Crippen molar-refractivity contribution in [1.29, 1.82) is 0 Å². The number of aryl methyl sites for hydroxylation is 1. The number of anilines is 1. The molecule has 0 fully saturated rings. The van der Waals surface area contributed by atoms with E-state index in [4.69, 9.17) is 0 Å². The Morgan fingerprint density at radius 2 is 1.78 bits per heavy atom. The minimum absolute atomic E-state index is 0.0835. The number of unbranched alkanes of at least 4 members (excludes halogenated alkanes) is 5. The topological polar surface area (TPSA) is 123 Å². The number of Topliss-reactive ketones (excluding diaryl/α,β-unsaturated/α-hetero) is 2. The molecule has 2 rings (SSSR count). The van der Waals surface area contributed by atoms with E-state index in [0.29, 0.717) is 30.8 Å². The van der Waals surface area contributed by atoms with E-state index in [2.05, 4.69) is 37.1 Å². The van der Waals surface area contributed by atoms with E-state index in [9.17, 15) is 14.4 Å². The van der Waals surface area contributed by atoms with E-state index < -0.39 is 11.6 Å². The molecule has 37 heavy (non-hydrogen) atoms. The van der Waals surface area contributed by atoms with Gasteiger partial charge >= 0.3 is 0 Å². The summed E-state index contributed by atoms with van der Waals surface area (Å²) in [5, 5.41) is 10.5. The Kier molecular flexibility index (Phi) is 13.2. The van der Waals surface area contributed by atoms with Crippen LogP contribution in [0.2, 0.25) is 0 Å². The summed E-state index contributed by atoms with van der Waals surface area (Å²) in [5.41, 5.74) is 0.804. The number of likely N-dealkylation sites (N-methyl/N-ethyl adjacent to an activating group) is 1. The van der Waals surface area contributed by atoms with Gasteiger partial charge in [0.2, 0.25) is 0 Å². The molecule has 0 saturated heterocycles. The second kappa shape index (κ2) is 16.1. The van der Waals surface area contributed by atoms with Gasteiger partial charge in [0.05, 0.1) is 19.1 Å². The van der Waals surface area contributed by atoms with Crippen LogP contribution in [0.15, 0.2) is 21.8 Å². The van der Waals surface area contributed by atoms with Gasteiger partial charge in [-0.25, -0.2) is 9.61 Å². The SMILES string of the molecule is CCCCCCCCN(C)CC(=O)[C@H](CC)CC(=O)C(CC)n1ccnc(NCc2nonc2C)c1=O. The first-order valence-corrected chi connectivity index (χ1v) is 13.6. The molecule has 1 N–H and O–H groups in total. The van der Waals surface area contributed by atoms with E-state index in [0.717, 1.165) is 13.0 Å². The van der Waals surface area contributed by atoms with Gasteiger partial charge in [-0.3, -0.25) is 19.3 Å². The van der Waals surface area contributed by atoms with Crippen molar-refractivity contribution in [3.8, 4) is 0 Å². The second-order valence-electron chi connectivity index (χ2n) is 9.81. The summed E-state index contributed by atoms with van der Waals surface area (Å²) in [5.74, 6) is -0.265.